The van der Waals surface area contributed by atoms with Crippen LogP contribution in [-0.4, -0.2) is 20.5 Å². The zero-order valence-corrected chi connectivity index (χ0v) is 11.5. The van der Waals surface area contributed by atoms with Gasteiger partial charge in [-0.1, -0.05) is 0 Å². The van der Waals surface area contributed by atoms with Gasteiger partial charge in [-0.25, -0.2) is 13.8 Å². The Bertz CT molecular complexity index is 805. The molecular weight excluding hydrogens is 298 g/mol. The number of carboxylic acid groups (broad SMARTS) is 1. The number of thiazole rings is 1. The Morgan fingerprint density at radius 2 is 2.00 bits per heavy atom. The smallest absolute Gasteiger partial charge is 0.303 e. The fourth-order valence-electron chi connectivity index (χ4n) is 2.08. The van der Waals surface area contributed by atoms with E-state index in [0.717, 1.165) is 11.8 Å². The van der Waals surface area contributed by atoms with Crippen LogP contribution >= 0.6 is 11.3 Å². The van der Waals surface area contributed by atoms with Gasteiger partial charge in [0.2, 0.25) is 0 Å². The first-order valence-electron chi connectivity index (χ1n) is 6.16. The molecule has 7 heteroatoms. The van der Waals surface area contributed by atoms with Gasteiger partial charge in [-0.05, 0) is 18.6 Å². The number of imidazole rings is 1. The van der Waals surface area contributed by atoms with Crippen LogP contribution in [-0.2, 0) is 11.2 Å². The first-order valence-corrected chi connectivity index (χ1v) is 7.04. The molecule has 0 unspecified atom stereocenters. The number of halogens is 2. The molecule has 1 N–H and O–H groups in total. The Morgan fingerprint density at radius 1 is 1.29 bits per heavy atom. The number of carboxylic acids is 1. The van der Waals surface area contributed by atoms with E-state index in [-0.39, 0.29) is 6.42 Å². The summed E-state index contributed by atoms with van der Waals surface area (Å²) in [6.45, 7) is 0. The molecule has 0 amide bonds. The van der Waals surface area contributed by atoms with E-state index in [9.17, 15) is 13.6 Å². The molecule has 0 aliphatic rings. The summed E-state index contributed by atoms with van der Waals surface area (Å²) in [5.74, 6) is -2.19. The lowest BCUT2D eigenvalue weighted by atomic mass is 10.1. The van der Waals surface area contributed by atoms with Crippen molar-refractivity contribution in [2.75, 3.05) is 0 Å². The molecule has 4 nitrogen and oxygen atoms in total. The Hall–Kier alpha value is -2.28. The summed E-state index contributed by atoms with van der Waals surface area (Å²) in [5, 5.41) is 10.6. The number of benzene rings is 1. The summed E-state index contributed by atoms with van der Waals surface area (Å²) in [6.07, 6.45) is 2.06. The molecule has 0 saturated carbocycles. The van der Waals surface area contributed by atoms with E-state index in [1.807, 2.05) is 5.38 Å². The van der Waals surface area contributed by atoms with Gasteiger partial charge in [0.1, 0.15) is 11.6 Å². The Balaban J connectivity index is 1.99. The van der Waals surface area contributed by atoms with Crippen LogP contribution in [0.25, 0.3) is 16.2 Å². The zero-order chi connectivity index (χ0) is 15.0. The largest absolute Gasteiger partial charge is 0.481 e. The molecule has 0 aliphatic carbocycles. The van der Waals surface area contributed by atoms with Crippen molar-refractivity contribution in [1.29, 1.82) is 0 Å². The van der Waals surface area contributed by atoms with Gasteiger partial charge in [-0.15, -0.1) is 11.3 Å². The highest BCUT2D eigenvalue weighted by molar-refractivity contribution is 7.15. The van der Waals surface area contributed by atoms with Crippen molar-refractivity contribution >= 4 is 22.3 Å². The lowest BCUT2D eigenvalue weighted by molar-refractivity contribution is -0.136. The Labute approximate surface area is 122 Å². The fraction of sp³-hybridized carbons (Fsp3) is 0.143. The maximum atomic E-state index is 13.2. The van der Waals surface area contributed by atoms with Gasteiger partial charge in [-0.2, -0.15) is 0 Å². The maximum Gasteiger partial charge on any atom is 0.303 e. The summed E-state index contributed by atoms with van der Waals surface area (Å²) in [6, 6.07) is 3.24. The molecule has 1 aromatic carbocycles. The third-order valence-corrected chi connectivity index (χ3v) is 3.93. The number of fused-ring (bicyclic) bond motifs is 1. The molecule has 3 aromatic rings. The van der Waals surface area contributed by atoms with E-state index in [2.05, 4.69) is 4.98 Å². The van der Waals surface area contributed by atoms with Crippen molar-refractivity contribution in [1.82, 2.24) is 9.38 Å². The molecule has 0 atom stereocenters. The van der Waals surface area contributed by atoms with Crippen molar-refractivity contribution < 1.29 is 18.7 Å². The minimum absolute atomic E-state index is 0.0218. The molecule has 0 saturated heterocycles. The van der Waals surface area contributed by atoms with Crippen LogP contribution in [0.15, 0.2) is 29.8 Å². The van der Waals surface area contributed by atoms with Crippen LogP contribution in [0.3, 0.4) is 0 Å². The van der Waals surface area contributed by atoms with Gasteiger partial charge in [0.25, 0.3) is 0 Å². The fourth-order valence-corrected chi connectivity index (χ4v) is 2.99. The highest BCUT2D eigenvalue weighted by atomic mass is 32.1. The number of hydrogen-bond acceptors (Lipinski definition) is 3. The second kappa shape index (κ2) is 5.25. The molecule has 108 valence electrons. The van der Waals surface area contributed by atoms with E-state index in [1.165, 1.54) is 23.5 Å². The number of nitrogens with zero attached hydrogens (tertiary/aromatic N) is 2. The highest BCUT2D eigenvalue weighted by Crippen LogP contribution is 2.25. The Kier molecular flexibility index (Phi) is 3.42. The molecule has 21 heavy (non-hydrogen) atoms. The van der Waals surface area contributed by atoms with Crippen molar-refractivity contribution in [2.45, 2.75) is 12.8 Å². The second-order valence-corrected chi connectivity index (χ2v) is 5.39. The van der Waals surface area contributed by atoms with Gasteiger partial charge in [0.15, 0.2) is 4.96 Å². The number of hydrogen-bond donors (Lipinski definition) is 1. The van der Waals surface area contributed by atoms with Gasteiger partial charge < -0.3 is 5.11 Å². The normalized spacial score (nSPS) is 11.1. The van der Waals surface area contributed by atoms with Crippen LogP contribution in [0.4, 0.5) is 8.78 Å². The van der Waals surface area contributed by atoms with Gasteiger partial charge in [0, 0.05) is 28.9 Å². The van der Waals surface area contributed by atoms with Crippen LogP contribution in [0.5, 0.6) is 0 Å². The monoisotopic (exact) mass is 308 g/mol. The molecular formula is C14H10F2N2O2S. The second-order valence-electron chi connectivity index (χ2n) is 4.56. The van der Waals surface area contributed by atoms with Crippen LogP contribution in [0.1, 0.15) is 12.1 Å². The minimum atomic E-state index is -0.873. The third kappa shape index (κ3) is 2.78. The van der Waals surface area contributed by atoms with Crippen molar-refractivity contribution in [2.24, 2.45) is 0 Å². The van der Waals surface area contributed by atoms with Gasteiger partial charge in [0.05, 0.1) is 12.1 Å². The number of aromatic nitrogens is 2. The lowest BCUT2D eigenvalue weighted by Gasteiger charge is -1.98. The van der Waals surface area contributed by atoms with Gasteiger partial charge in [-0.3, -0.25) is 9.20 Å². The third-order valence-electron chi connectivity index (χ3n) is 3.04. The van der Waals surface area contributed by atoms with E-state index < -0.39 is 17.6 Å². The first kappa shape index (κ1) is 13.7. The van der Waals surface area contributed by atoms with Crippen LogP contribution in [0.2, 0.25) is 0 Å². The summed E-state index contributed by atoms with van der Waals surface area (Å²) < 4.78 is 28.2. The Morgan fingerprint density at radius 3 is 2.67 bits per heavy atom. The molecule has 2 heterocycles. The average molecular weight is 308 g/mol. The van der Waals surface area contributed by atoms with Crippen molar-refractivity contribution in [3.63, 3.8) is 0 Å². The van der Waals surface area contributed by atoms with Crippen molar-refractivity contribution in [3.8, 4) is 11.3 Å². The molecule has 3 rings (SSSR count). The SMILES string of the molecule is O=C(O)CCc1csc2nc(-c3cc(F)cc(F)c3)cn12. The number of carbonyl (C=O) groups is 1. The molecule has 0 fully saturated rings. The quantitative estimate of drug-likeness (QED) is 0.804. The first-order chi connectivity index (χ1) is 10.0. The number of aryl methyl sites for hydroxylation is 1. The minimum Gasteiger partial charge on any atom is -0.481 e. The molecule has 0 aliphatic heterocycles. The number of aliphatic carboxylic acids is 1. The molecule has 0 bridgehead atoms. The number of rotatable bonds is 4. The van der Waals surface area contributed by atoms with Gasteiger partial charge >= 0.3 is 5.97 Å². The molecule has 0 radical (unpaired) electrons. The summed E-state index contributed by atoms with van der Waals surface area (Å²) in [4.78, 5) is 15.6. The predicted octanol–water partition coefficient (Wildman–Crippen LogP) is 3.36. The summed E-state index contributed by atoms with van der Waals surface area (Å²) >= 11 is 1.36. The molecule has 2 aromatic heterocycles. The van der Waals surface area contributed by atoms with E-state index in [0.29, 0.717) is 22.6 Å². The zero-order valence-electron chi connectivity index (χ0n) is 10.7. The average Bonchev–Trinajstić information content (AvgIpc) is 2.95. The van der Waals surface area contributed by atoms with E-state index in [4.69, 9.17) is 5.11 Å². The van der Waals surface area contributed by atoms with Crippen LogP contribution < -0.4 is 0 Å². The van der Waals surface area contributed by atoms with Crippen LogP contribution in [0, 0.1) is 11.6 Å². The van der Waals surface area contributed by atoms with E-state index in [1.54, 1.807) is 10.6 Å². The maximum absolute atomic E-state index is 13.2. The van der Waals surface area contributed by atoms with E-state index >= 15 is 0 Å². The molecule has 0 spiro atoms. The predicted molar refractivity (Wildman–Crippen MR) is 74.4 cm³/mol. The topological polar surface area (TPSA) is 54.6 Å². The summed E-state index contributed by atoms with van der Waals surface area (Å²) in [7, 11) is 0. The highest BCUT2D eigenvalue weighted by Gasteiger charge is 2.12. The summed E-state index contributed by atoms with van der Waals surface area (Å²) in [5.41, 5.74) is 1.62. The standard InChI is InChI=1S/C14H10F2N2O2S/c15-9-3-8(4-10(16)5-9)12-6-18-11(1-2-13(19)20)7-21-14(18)17-12/h3-7H,1-2H2,(H,19,20). The van der Waals surface area contributed by atoms with Crippen molar-refractivity contribution in [3.05, 3.63) is 47.1 Å². The lowest BCUT2D eigenvalue weighted by Crippen LogP contribution is -1.99.